The lowest BCUT2D eigenvalue weighted by molar-refractivity contribution is 0.357. The molecule has 0 saturated carbocycles. The van der Waals surface area contributed by atoms with Gasteiger partial charge in [0, 0.05) is 5.33 Å². The van der Waals surface area contributed by atoms with Crippen LogP contribution in [0.15, 0.2) is 12.2 Å². The van der Waals surface area contributed by atoms with Crippen molar-refractivity contribution in [3.63, 3.8) is 0 Å². The summed E-state index contributed by atoms with van der Waals surface area (Å²) in [4.78, 5) is 0. The average Bonchev–Trinajstić information content (AvgIpc) is 1.78. The normalized spacial score (nSPS) is 12.8. The molecule has 0 unspecified atom stereocenters. The highest BCUT2D eigenvalue weighted by Crippen LogP contribution is 2.01. The highest BCUT2D eigenvalue weighted by atomic mass is 79.9. The van der Waals surface area contributed by atoms with Gasteiger partial charge in [0.25, 0.3) is 0 Å². The van der Waals surface area contributed by atoms with E-state index in [0.29, 0.717) is 0 Å². The van der Waals surface area contributed by atoms with Crippen molar-refractivity contribution in [3.05, 3.63) is 12.2 Å². The van der Waals surface area contributed by atoms with Crippen LogP contribution in [0.3, 0.4) is 0 Å². The van der Waals surface area contributed by atoms with Gasteiger partial charge in [-0.15, -0.1) is 0 Å². The molecular formula is C7H15BrOSi. The summed E-state index contributed by atoms with van der Waals surface area (Å²) in [5.41, 5.74) is 0. The second kappa shape index (κ2) is 5.10. The molecule has 0 aromatic rings. The Hall–Kier alpha value is 0.397. The van der Waals surface area contributed by atoms with Crippen molar-refractivity contribution in [3.8, 4) is 0 Å². The van der Waals surface area contributed by atoms with Crippen LogP contribution < -0.4 is 0 Å². The fourth-order valence-electron chi connectivity index (χ4n) is 0.429. The van der Waals surface area contributed by atoms with E-state index in [1.807, 2.05) is 6.08 Å². The van der Waals surface area contributed by atoms with Crippen LogP contribution >= 0.6 is 15.9 Å². The molecule has 0 amide bonds. The molecule has 0 aliphatic rings. The molecule has 0 aromatic carbocycles. The van der Waals surface area contributed by atoms with Crippen molar-refractivity contribution in [2.24, 2.45) is 0 Å². The van der Waals surface area contributed by atoms with Gasteiger partial charge in [0.05, 0.1) is 6.61 Å². The van der Waals surface area contributed by atoms with Gasteiger partial charge in [-0.25, -0.2) is 0 Å². The summed E-state index contributed by atoms with van der Waals surface area (Å²) in [6, 6.07) is 0. The molecule has 60 valence electrons. The lowest BCUT2D eigenvalue weighted by Crippen LogP contribution is -2.25. The van der Waals surface area contributed by atoms with E-state index < -0.39 is 8.32 Å². The Kier molecular flexibility index (Phi) is 5.30. The van der Waals surface area contributed by atoms with Crippen LogP contribution in [0.2, 0.25) is 19.6 Å². The van der Waals surface area contributed by atoms with Crippen molar-refractivity contribution in [1.29, 1.82) is 0 Å². The van der Waals surface area contributed by atoms with Gasteiger partial charge in [0.2, 0.25) is 0 Å². The van der Waals surface area contributed by atoms with Crippen molar-refractivity contribution in [1.82, 2.24) is 0 Å². The average molecular weight is 223 g/mol. The van der Waals surface area contributed by atoms with Gasteiger partial charge in [-0.2, -0.15) is 0 Å². The molecule has 10 heavy (non-hydrogen) atoms. The summed E-state index contributed by atoms with van der Waals surface area (Å²) in [6.45, 7) is 7.33. The first-order valence-electron chi connectivity index (χ1n) is 3.41. The maximum atomic E-state index is 5.56. The first-order chi connectivity index (χ1) is 4.56. The third kappa shape index (κ3) is 8.40. The Balaban J connectivity index is 3.28. The minimum Gasteiger partial charge on any atom is -0.414 e. The number of alkyl halides is 1. The number of allylic oxidation sites excluding steroid dienone is 1. The minimum absolute atomic E-state index is 0.765. The van der Waals surface area contributed by atoms with Gasteiger partial charge in [-0.05, 0) is 19.6 Å². The first-order valence-corrected chi connectivity index (χ1v) is 7.94. The van der Waals surface area contributed by atoms with E-state index in [9.17, 15) is 0 Å². The lowest BCUT2D eigenvalue weighted by Gasteiger charge is -2.14. The van der Waals surface area contributed by atoms with Crippen LogP contribution in [0.4, 0.5) is 0 Å². The molecule has 0 rings (SSSR count). The van der Waals surface area contributed by atoms with Gasteiger partial charge in [0.1, 0.15) is 0 Å². The Labute approximate surface area is 72.7 Å². The summed E-state index contributed by atoms with van der Waals surface area (Å²) in [5, 5.41) is 0.919. The first kappa shape index (κ1) is 10.4. The zero-order valence-corrected chi connectivity index (χ0v) is 9.44. The number of halogens is 1. The Bertz CT molecular complexity index is 107. The summed E-state index contributed by atoms with van der Waals surface area (Å²) in [5.74, 6) is 0. The van der Waals surface area contributed by atoms with Crippen LogP contribution in [0.1, 0.15) is 0 Å². The predicted molar refractivity (Wildman–Crippen MR) is 52.2 cm³/mol. The molecule has 0 heterocycles. The fraction of sp³-hybridized carbons (Fsp3) is 0.714. The van der Waals surface area contributed by atoms with Gasteiger partial charge in [-0.3, -0.25) is 0 Å². The van der Waals surface area contributed by atoms with Crippen LogP contribution in [0.25, 0.3) is 0 Å². The standard InChI is InChI=1S/C7H15BrOSi/c1-10(2,3)9-7-5-4-6-8/h4-5H,6-7H2,1-3H3/b5-4-. The molecule has 0 aromatic heterocycles. The summed E-state index contributed by atoms with van der Waals surface area (Å²) in [7, 11) is -1.27. The minimum atomic E-state index is -1.27. The molecule has 0 spiro atoms. The van der Waals surface area contributed by atoms with Crippen LogP contribution in [0.5, 0.6) is 0 Å². The van der Waals surface area contributed by atoms with Gasteiger partial charge < -0.3 is 4.43 Å². The van der Waals surface area contributed by atoms with E-state index in [0.717, 1.165) is 11.9 Å². The van der Waals surface area contributed by atoms with E-state index in [1.54, 1.807) is 0 Å². The molecule has 0 aliphatic heterocycles. The largest absolute Gasteiger partial charge is 0.414 e. The SMILES string of the molecule is C[Si](C)(C)OC/C=C\CBr. The second-order valence-electron chi connectivity index (χ2n) is 3.05. The van der Waals surface area contributed by atoms with Gasteiger partial charge >= 0.3 is 0 Å². The van der Waals surface area contributed by atoms with Crippen LogP contribution in [-0.4, -0.2) is 20.3 Å². The fourth-order valence-corrected chi connectivity index (χ4v) is 1.29. The summed E-state index contributed by atoms with van der Waals surface area (Å²) in [6.07, 6.45) is 4.10. The molecule has 0 saturated heterocycles. The van der Waals surface area contributed by atoms with Gasteiger partial charge in [-0.1, -0.05) is 28.1 Å². The van der Waals surface area contributed by atoms with Crippen LogP contribution in [-0.2, 0) is 4.43 Å². The highest BCUT2D eigenvalue weighted by Gasteiger charge is 2.11. The molecule has 3 heteroatoms. The van der Waals surface area contributed by atoms with E-state index in [4.69, 9.17) is 4.43 Å². The lowest BCUT2D eigenvalue weighted by atomic mass is 10.6. The Morgan fingerprint density at radius 2 is 1.90 bits per heavy atom. The van der Waals surface area contributed by atoms with Gasteiger partial charge in [0.15, 0.2) is 8.32 Å². The molecule has 0 aliphatic carbocycles. The molecule has 1 nitrogen and oxygen atoms in total. The third-order valence-electron chi connectivity index (χ3n) is 0.868. The summed E-state index contributed by atoms with van der Waals surface area (Å²) >= 11 is 3.30. The van der Waals surface area contributed by atoms with Crippen molar-refractivity contribution in [2.75, 3.05) is 11.9 Å². The highest BCUT2D eigenvalue weighted by molar-refractivity contribution is 9.09. The second-order valence-corrected chi connectivity index (χ2v) is 8.21. The molecule has 0 radical (unpaired) electrons. The monoisotopic (exact) mass is 222 g/mol. The number of hydrogen-bond acceptors (Lipinski definition) is 1. The molecule has 0 bridgehead atoms. The quantitative estimate of drug-likeness (QED) is 0.404. The predicted octanol–water partition coefficient (Wildman–Crippen LogP) is 2.79. The molecule has 0 atom stereocenters. The van der Waals surface area contributed by atoms with Crippen molar-refractivity contribution in [2.45, 2.75) is 19.6 Å². The van der Waals surface area contributed by atoms with E-state index in [2.05, 4.69) is 41.6 Å². The van der Waals surface area contributed by atoms with E-state index in [1.165, 1.54) is 0 Å². The third-order valence-corrected chi connectivity index (χ3v) is 2.27. The van der Waals surface area contributed by atoms with E-state index >= 15 is 0 Å². The van der Waals surface area contributed by atoms with Crippen LogP contribution in [0, 0.1) is 0 Å². The maximum Gasteiger partial charge on any atom is 0.184 e. The smallest absolute Gasteiger partial charge is 0.184 e. The Morgan fingerprint density at radius 3 is 2.30 bits per heavy atom. The molecule has 0 N–H and O–H groups in total. The molecular weight excluding hydrogens is 208 g/mol. The molecule has 0 fully saturated rings. The number of hydrogen-bond donors (Lipinski definition) is 0. The number of rotatable bonds is 4. The van der Waals surface area contributed by atoms with E-state index in [-0.39, 0.29) is 0 Å². The zero-order valence-electron chi connectivity index (χ0n) is 6.86. The topological polar surface area (TPSA) is 9.23 Å². The Morgan fingerprint density at radius 1 is 1.30 bits per heavy atom. The summed E-state index contributed by atoms with van der Waals surface area (Å²) < 4.78 is 5.56. The maximum absolute atomic E-state index is 5.56. The zero-order chi connectivity index (χ0) is 8.04. The van der Waals surface area contributed by atoms with Crippen molar-refractivity contribution >= 4 is 24.2 Å². The van der Waals surface area contributed by atoms with Crippen molar-refractivity contribution < 1.29 is 4.43 Å².